The number of ether oxygens (including phenoxy) is 1. The van der Waals surface area contributed by atoms with Crippen molar-refractivity contribution in [2.75, 3.05) is 25.6 Å². The lowest BCUT2D eigenvalue weighted by Crippen LogP contribution is -2.36. The molecule has 2 unspecified atom stereocenters. The molecule has 1 aliphatic heterocycles. The minimum Gasteiger partial charge on any atom is -0.495 e. The standard InChI is InChI=1S/C23H26N2O3/c1-15-8-11-21(28-3)20(12-15)25-14-17(13-22(25)26)23(27)24(2)19-10-9-16-6-4-5-7-18(16)19/h4-8,11-12,17,19H,9-10,13-14H2,1-3H3. The molecule has 2 aromatic carbocycles. The molecule has 28 heavy (non-hydrogen) atoms. The molecule has 0 bridgehead atoms. The number of aryl methyl sites for hydroxylation is 2. The van der Waals surface area contributed by atoms with Crippen molar-refractivity contribution in [1.29, 1.82) is 0 Å². The summed E-state index contributed by atoms with van der Waals surface area (Å²) in [4.78, 5) is 29.5. The molecule has 4 rings (SSSR count). The number of methoxy groups -OCH3 is 1. The zero-order chi connectivity index (χ0) is 19.8. The summed E-state index contributed by atoms with van der Waals surface area (Å²) < 4.78 is 5.44. The summed E-state index contributed by atoms with van der Waals surface area (Å²) in [6.07, 6.45) is 2.18. The Morgan fingerprint density at radius 2 is 2.00 bits per heavy atom. The smallest absolute Gasteiger partial charge is 0.228 e. The third-order valence-corrected chi connectivity index (χ3v) is 6.02. The second-order valence-electron chi connectivity index (χ2n) is 7.78. The van der Waals surface area contributed by atoms with Gasteiger partial charge in [-0.2, -0.15) is 0 Å². The summed E-state index contributed by atoms with van der Waals surface area (Å²) in [6, 6.07) is 14.2. The van der Waals surface area contributed by atoms with Gasteiger partial charge >= 0.3 is 0 Å². The Balaban J connectivity index is 1.53. The van der Waals surface area contributed by atoms with Crippen molar-refractivity contribution >= 4 is 17.5 Å². The summed E-state index contributed by atoms with van der Waals surface area (Å²) in [5.74, 6) is 0.354. The fourth-order valence-corrected chi connectivity index (χ4v) is 4.50. The Kier molecular flexibility index (Phi) is 4.84. The van der Waals surface area contributed by atoms with E-state index in [9.17, 15) is 9.59 Å². The maximum atomic E-state index is 13.2. The van der Waals surface area contributed by atoms with Gasteiger partial charge in [-0.25, -0.2) is 0 Å². The highest BCUT2D eigenvalue weighted by atomic mass is 16.5. The van der Waals surface area contributed by atoms with Gasteiger partial charge in [-0.05, 0) is 48.6 Å². The van der Waals surface area contributed by atoms with Crippen LogP contribution in [0.5, 0.6) is 5.75 Å². The Morgan fingerprint density at radius 1 is 1.21 bits per heavy atom. The highest BCUT2D eigenvalue weighted by Crippen LogP contribution is 2.38. The van der Waals surface area contributed by atoms with Crippen molar-refractivity contribution in [2.45, 2.75) is 32.2 Å². The number of anilines is 1. The second-order valence-corrected chi connectivity index (χ2v) is 7.78. The van der Waals surface area contributed by atoms with Crippen LogP contribution in [-0.2, 0) is 16.0 Å². The molecule has 0 saturated carbocycles. The SMILES string of the molecule is COc1ccc(C)cc1N1CC(C(=O)N(C)C2CCc3ccccc32)CC1=O. The molecule has 1 saturated heterocycles. The first-order valence-electron chi connectivity index (χ1n) is 9.79. The van der Waals surface area contributed by atoms with Gasteiger partial charge in [0.2, 0.25) is 11.8 Å². The largest absolute Gasteiger partial charge is 0.495 e. The predicted molar refractivity (Wildman–Crippen MR) is 108 cm³/mol. The maximum Gasteiger partial charge on any atom is 0.228 e. The molecule has 1 heterocycles. The van der Waals surface area contributed by atoms with E-state index >= 15 is 0 Å². The average molecular weight is 378 g/mol. The molecule has 1 fully saturated rings. The molecule has 0 aromatic heterocycles. The van der Waals surface area contributed by atoms with Gasteiger partial charge in [0.1, 0.15) is 5.75 Å². The van der Waals surface area contributed by atoms with Crippen LogP contribution >= 0.6 is 0 Å². The van der Waals surface area contributed by atoms with Gasteiger partial charge in [-0.1, -0.05) is 30.3 Å². The van der Waals surface area contributed by atoms with Crippen molar-refractivity contribution < 1.29 is 14.3 Å². The van der Waals surface area contributed by atoms with E-state index in [1.54, 1.807) is 12.0 Å². The third-order valence-electron chi connectivity index (χ3n) is 6.02. The van der Waals surface area contributed by atoms with E-state index < -0.39 is 0 Å². The molecule has 0 N–H and O–H groups in total. The van der Waals surface area contributed by atoms with Crippen molar-refractivity contribution in [3.63, 3.8) is 0 Å². The minimum atomic E-state index is -0.324. The van der Waals surface area contributed by atoms with Gasteiger partial charge in [0.25, 0.3) is 0 Å². The lowest BCUT2D eigenvalue weighted by molar-refractivity contribution is -0.136. The highest BCUT2D eigenvalue weighted by molar-refractivity contribution is 6.01. The van der Waals surface area contributed by atoms with Crippen molar-refractivity contribution in [2.24, 2.45) is 5.92 Å². The van der Waals surface area contributed by atoms with E-state index in [0.717, 1.165) is 24.1 Å². The Hall–Kier alpha value is -2.82. The number of hydrogen-bond acceptors (Lipinski definition) is 3. The molecule has 5 nitrogen and oxygen atoms in total. The van der Waals surface area contributed by atoms with Crippen molar-refractivity contribution in [3.05, 3.63) is 59.2 Å². The van der Waals surface area contributed by atoms with E-state index in [4.69, 9.17) is 4.74 Å². The minimum absolute atomic E-state index is 0.0255. The highest BCUT2D eigenvalue weighted by Gasteiger charge is 2.39. The van der Waals surface area contributed by atoms with Crippen LogP contribution in [0.2, 0.25) is 0 Å². The molecule has 0 radical (unpaired) electrons. The monoisotopic (exact) mass is 378 g/mol. The number of carbonyl (C=O) groups is 2. The van der Waals surface area contributed by atoms with Crippen LogP contribution in [0.1, 0.15) is 35.6 Å². The van der Waals surface area contributed by atoms with E-state index in [1.807, 2.05) is 49.2 Å². The quantitative estimate of drug-likeness (QED) is 0.818. The topological polar surface area (TPSA) is 49.9 Å². The van der Waals surface area contributed by atoms with Gasteiger partial charge in [-0.15, -0.1) is 0 Å². The molecular weight excluding hydrogens is 352 g/mol. The normalized spacial score (nSPS) is 21.0. The van der Waals surface area contributed by atoms with Crippen molar-refractivity contribution in [1.82, 2.24) is 4.90 Å². The number of carbonyl (C=O) groups excluding carboxylic acids is 2. The van der Waals surface area contributed by atoms with E-state index in [-0.39, 0.29) is 30.2 Å². The van der Waals surface area contributed by atoms with Gasteiger partial charge < -0.3 is 14.5 Å². The molecule has 2 aliphatic rings. The summed E-state index contributed by atoms with van der Waals surface area (Å²) in [7, 11) is 3.47. The van der Waals surface area contributed by atoms with E-state index in [2.05, 4.69) is 12.1 Å². The lowest BCUT2D eigenvalue weighted by Gasteiger charge is -2.28. The van der Waals surface area contributed by atoms with Crippen molar-refractivity contribution in [3.8, 4) is 5.75 Å². The van der Waals surface area contributed by atoms with E-state index in [0.29, 0.717) is 12.3 Å². The number of amides is 2. The first kappa shape index (κ1) is 18.5. The number of hydrogen-bond donors (Lipinski definition) is 0. The van der Waals surface area contributed by atoms with Gasteiger partial charge in [0.05, 0.1) is 24.8 Å². The zero-order valence-electron chi connectivity index (χ0n) is 16.6. The first-order valence-corrected chi connectivity index (χ1v) is 9.79. The Bertz CT molecular complexity index is 924. The second kappa shape index (κ2) is 7.30. The van der Waals surface area contributed by atoms with Crippen LogP contribution in [0.3, 0.4) is 0 Å². The fraction of sp³-hybridized carbons (Fsp3) is 0.391. The molecule has 5 heteroatoms. The molecule has 2 atom stereocenters. The third kappa shape index (κ3) is 3.15. The zero-order valence-corrected chi connectivity index (χ0v) is 16.6. The maximum absolute atomic E-state index is 13.2. The fourth-order valence-electron chi connectivity index (χ4n) is 4.50. The summed E-state index contributed by atoms with van der Waals surface area (Å²) in [5.41, 5.74) is 4.36. The van der Waals surface area contributed by atoms with Crippen LogP contribution < -0.4 is 9.64 Å². The predicted octanol–water partition coefficient (Wildman–Crippen LogP) is 3.50. The van der Waals surface area contributed by atoms with Crippen LogP contribution in [0.25, 0.3) is 0 Å². The molecule has 1 aliphatic carbocycles. The summed E-state index contributed by atoms with van der Waals surface area (Å²) in [6.45, 7) is 2.38. The molecule has 2 aromatic rings. The lowest BCUT2D eigenvalue weighted by atomic mass is 10.0. The number of rotatable bonds is 4. The number of benzene rings is 2. The van der Waals surface area contributed by atoms with Crippen LogP contribution in [0.4, 0.5) is 5.69 Å². The molecule has 2 amide bonds. The molecule has 0 spiro atoms. The first-order chi connectivity index (χ1) is 13.5. The van der Waals surface area contributed by atoms with E-state index in [1.165, 1.54) is 11.1 Å². The van der Waals surface area contributed by atoms with Crippen LogP contribution in [-0.4, -0.2) is 37.4 Å². The summed E-state index contributed by atoms with van der Waals surface area (Å²) in [5, 5.41) is 0. The number of nitrogens with zero attached hydrogens (tertiary/aromatic N) is 2. The molecule has 146 valence electrons. The van der Waals surface area contributed by atoms with Gasteiger partial charge in [0, 0.05) is 20.0 Å². The van der Waals surface area contributed by atoms with Gasteiger partial charge in [-0.3, -0.25) is 9.59 Å². The Labute approximate surface area is 165 Å². The average Bonchev–Trinajstić information content (AvgIpc) is 3.30. The number of fused-ring (bicyclic) bond motifs is 1. The van der Waals surface area contributed by atoms with Gasteiger partial charge in [0.15, 0.2) is 0 Å². The van der Waals surface area contributed by atoms with Crippen LogP contribution in [0.15, 0.2) is 42.5 Å². The van der Waals surface area contributed by atoms with Crippen LogP contribution in [0, 0.1) is 12.8 Å². The summed E-state index contributed by atoms with van der Waals surface area (Å²) >= 11 is 0. The Morgan fingerprint density at radius 3 is 2.79 bits per heavy atom. The molecular formula is C23H26N2O3.